The van der Waals surface area contributed by atoms with Gasteiger partial charge in [0.1, 0.15) is 6.10 Å². The van der Waals surface area contributed by atoms with Gasteiger partial charge in [0.2, 0.25) is 6.29 Å². The third kappa shape index (κ3) is 7.46. The lowest BCUT2D eigenvalue weighted by Gasteiger charge is -2.22. The molecule has 0 saturated heterocycles. The summed E-state index contributed by atoms with van der Waals surface area (Å²) in [5.41, 5.74) is 17.7. The van der Waals surface area contributed by atoms with E-state index in [2.05, 4.69) is 15.3 Å². The molecule has 12 heteroatoms. The third-order valence-corrected chi connectivity index (χ3v) is 7.54. The summed E-state index contributed by atoms with van der Waals surface area (Å²) in [6.45, 7) is 4.06. The number of nitrogens with zero attached hydrogens (tertiary/aromatic N) is 4. The number of aromatic nitrogens is 2. The Morgan fingerprint density at radius 2 is 1.73 bits per heavy atom. The fourth-order valence-electron chi connectivity index (χ4n) is 5.47. The molecule has 1 unspecified atom stereocenters. The van der Waals surface area contributed by atoms with E-state index in [4.69, 9.17) is 30.2 Å². The number of fused-ring (bicyclic) bond motifs is 1. The van der Waals surface area contributed by atoms with Gasteiger partial charge in [0, 0.05) is 12.5 Å². The van der Waals surface area contributed by atoms with Crippen molar-refractivity contribution in [3.8, 4) is 17.1 Å². The Kier molecular flexibility index (Phi) is 10.0. The van der Waals surface area contributed by atoms with Crippen LogP contribution in [0.1, 0.15) is 67.4 Å². The molecule has 1 aliphatic carbocycles. The van der Waals surface area contributed by atoms with Gasteiger partial charge in [-0.1, -0.05) is 66.2 Å². The SMILES string of the molecule is CCOc1nc2cccc(C(=O)OC(C)OC(=O)OC3CCCCC3)c2n1Cc1ccc(-c2ccccc2/C(N)=N/N=N)cc1. The molecule has 1 aliphatic rings. The molecule has 45 heavy (non-hydrogen) atoms. The summed E-state index contributed by atoms with van der Waals surface area (Å²) in [5.74, 6) is -0.524. The first kappa shape index (κ1) is 31.2. The summed E-state index contributed by atoms with van der Waals surface area (Å²) >= 11 is 0. The highest BCUT2D eigenvalue weighted by Gasteiger charge is 2.25. The van der Waals surface area contributed by atoms with Crippen LogP contribution >= 0.6 is 0 Å². The van der Waals surface area contributed by atoms with Crippen molar-refractivity contribution in [2.45, 2.75) is 64.9 Å². The first-order chi connectivity index (χ1) is 21.9. The number of nitrogens with two attached hydrogens (primary N) is 1. The van der Waals surface area contributed by atoms with Gasteiger partial charge in [-0.25, -0.2) is 9.59 Å². The number of carbonyl (C=O) groups excluding carboxylic acids is 2. The van der Waals surface area contributed by atoms with Crippen LogP contribution in [0.2, 0.25) is 0 Å². The number of esters is 1. The van der Waals surface area contributed by atoms with E-state index in [1.807, 2.05) is 60.0 Å². The van der Waals surface area contributed by atoms with Crippen molar-refractivity contribution < 1.29 is 28.5 Å². The minimum atomic E-state index is -1.16. The van der Waals surface area contributed by atoms with E-state index in [0.717, 1.165) is 48.8 Å². The molecule has 3 aromatic carbocycles. The Bertz CT molecular complexity index is 1690. The molecule has 0 aliphatic heterocycles. The van der Waals surface area contributed by atoms with Gasteiger partial charge in [-0.15, -0.1) is 5.10 Å². The maximum atomic E-state index is 13.4. The second-order valence-electron chi connectivity index (χ2n) is 10.6. The predicted octanol–water partition coefficient (Wildman–Crippen LogP) is 6.79. The molecule has 4 aromatic rings. The lowest BCUT2D eigenvalue weighted by molar-refractivity contribution is -0.0914. The highest BCUT2D eigenvalue weighted by atomic mass is 16.8. The lowest BCUT2D eigenvalue weighted by Crippen LogP contribution is -2.26. The predicted molar refractivity (Wildman–Crippen MR) is 167 cm³/mol. The van der Waals surface area contributed by atoms with E-state index in [-0.39, 0.29) is 17.5 Å². The molecule has 0 radical (unpaired) electrons. The van der Waals surface area contributed by atoms with Crippen LogP contribution in [0.5, 0.6) is 6.01 Å². The van der Waals surface area contributed by atoms with Gasteiger partial charge in [0.15, 0.2) is 5.84 Å². The molecule has 1 heterocycles. The number of nitrogens with one attached hydrogen (secondary N) is 1. The number of benzene rings is 3. The number of rotatable bonds is 11. The van der Waals surface area contributed by atoms with Crippen molar-refractivity contribution >= 4 is 29.0 Å². The molecule has 1 atom stereocenters. The summed E-state index contributed by atoms with van der Waals surface area (Å²) in [5, 5.41) is 6.73. The zero-order chi connectivity index (χ0) is 31.8. The Balaban J connectivity index is 1.37. The molecule has 5 rings (SSSR count). The van der Waals surface area contributed by atoms with E-state index in [9.17, 15) is 9.59 Å². The number of carbonyl (C=O) groups is 2. The van der Waals surface area contributed by atoms with Crippen molar-refractivity contribution in [2.75, 3.05) is 6.61 Å². The van der Waals surface area contributed by atoms with Gasteiger partial charge in [-0.2, -0.15) is 10.5 Å². The van der Waals surface area contributed by atoms with Crippen LogP contribution in [0.15, 0.2) is 77.1 Å². The van der Waals surface area contributed by atoms with Gasteiger partial charge in [0.25, 0.3) is 6.01 Å². The summed E-state index contributed by atoms with van der Waals surface area (Å²) in [7, 11) is 0. The number of hydrogen-bond donors (Lipinski definition) is 2. The van der Waals surface area contributed by atoms with Crippen molar-refractivity contribution in [1.29, 1.82) is 5.53 Å². The zero-order valence-corrected chi connectivity index (χ0v) is 25.3. The van der Waals surface area contributed by atoms with Gasteiger partial charge in [0.05, 0.1) is 29.7 Å². The summed E-state index contributed by atoms with van der Waals surface area (Å²) in [6, 6.07) is 20.8. The van der Waals surface area contributed by atoms with E-state index >= 15 is 0 Å². The molecular formula is C33H36N6O6. The molecule has 1 aromatic heterocycles. The average molecular weight is 613 g/mol. The van der Waals surface area contributed by atoms with E-state index in [1.165, 1.54) is 6.92 Å². The summed E-state index contributed by atoms with van der Waals surface area (Å²) < 4.78 is 23.8. The Morgan fingerprint density at radius 1 is 1.00 bits per heavy atom. The highest BCUT2D eigenvalue weighted by molar-refractivity contribution is 6.03. The van der Waals surface area contributed by atoms with Crippen LogP contribution in [0, 0.1) is 5.53 Å². The number of hydrogen-bond acceptors (Lipinski definition) is 9. The van der Waals surface area contributed by atoms with E-state index in [1.54, 1.807) is 18.2 Å². The Hall–Kier alpha value is -5.26. The fraction of sp³-hybridized carbons (Fsp3) is 0.333. The molecule has 234 valence electrons. The first-order valence-electron chi connectivity index (χ1n) is 15.0. The van der Waals surface area contributed by atoms with E-state index < -0.39 is 18.4 Å². The molecule has 3 N–H and O–H groups in total. The number of ether oxygens (including phenoxy) is 4. The topological polar surface area (TPSA) is 163 Å². The molecule has 0 spiro atoms. The fourth-order valence-corrected chi connectivity index (χ4v) is 5.47. The smallest absolute Gasteiger partial charge is 0.465 e. The summed E-state index contributed by atoms with van der Waals surface area (Å²) in [4.78, 5) is 30.3. The first-order valence-corrected chi connectivity index (χ1v) is 15.0. The van der Waals surface area contributed by atoms with Gasteiger partial charge in [-0.3, -0.25) is 4.57 Å². The van der Waals surface area contributed by atoms with Crippen LogP contribution in [0.3, 0.4) is 0 Å². The monoisotopic (exact) mass is 612 g/mol. The maximum absolute atomic E-state index is 13.4. The Labute approximate surface area is 260 Å². The molecule has 1 fully saturated rings. The standard InChI is InChI=1S/C33H36N6O6/c1-3-42-32-36-28-15-9-14-27(31(40)43-21(2)44-33(41)45-24-10-5-4-6-11-24)29(28)39(32)20-22-16-18-23(19-17-22)25-12-7-8-13-26(25)30(34)37-38-35/h7-9,12-19,21,24H,3-6,10-11,20H2,1-2H3,(H3,34,35,37). The lowest BCUT2D eigenvalue weighted by atomic mass is 9.98. The van der Waals surface area contributed by atoms with Crippen molar-refractivity contribution in [3.05, 3.63) is 83.4 Å². The molecule has 1 saturated carbocycles. The van der Waals surface area contributed by atoms with E-state index in [0.29, 0.717) is 35.8 Å². The molecule has 12 nitrogen and oxygen atoms in total. The number of para-hydroxylation sites is 1. The van der Waals surface area contributed by atoms with Crippen LogP contribution < -0.4 is 10.5 Å². The molecule has 0 bridgehead atoms. The van der Waals surface area contributed by atoms with Crippen molar-refractivity contribution in [1.82, 2.24) is 9.55 Å². The van der Waals surface area contributed by atoms with Crippen molar-refractivity contribution in [2.24, 2.45) is 16.1 Å². The maximum Gasteiger partial charge on any atom is 0.511 e. The summed E-state index contributed by atoms with van der Waals surface area (Å²) in [6.07, 6.45) is 2.59. The van der Waals surface area contributed by atoms with Gasteiger partial charge < -0.3 is 24.7 Å². The van der Waals surface area contributed by atoms with Gasteiger partial charge in [-0.05, 0) is 61.4 Å². The Morgan fingerprint density at radius 3 is 2.47 bits per heavy atom. The van der Waals surface area contributed by atoms with Crippen molar-refractivity contribution in [3.63, 3.8) is 0 Å². The molecular weight excluding hydrogens is 576 g/mol. The van der Waals surface area contributed by atoms with Crippen LogP contribution in [0.4, 0.5) is 4.79 Å². The minimum absolute atomic E-state index is 0.149. The second kappa shape index (κ2) is 14.5. The van der Waals surface area contributed by atoms with Crippen LogP contribution in [-0.2, 0) is 20.8 Å². The van der Waals surface area contributed by atoms with Crippen LogP contribution in [0.25, 0.3) is 22.2 Å². The average Bonchev–Trinajstić information content (AvgIpc) is 3.38. The highest BCUT2D eigenvalue weighted by Crippen LogP contribution is 2.29. The second-order valence-corrected chi connectivity index (χ2v) is 10.6. The quantitative estimate of drug-likeness (QED) is 0.0467. The normalized spacial score (nSPS) is 14.5. The third-order valence-electron chi connectivity index (χ3n) is 7.54. The number of imidazole rings is 1. The largest absolute Gasteiger partial charge is 0.511 e. The van der Waals surface area contributed by atoms with Gasteiger partial charge >= 0.3 is 12.1 Å². The molecule has 0 amide bonds. The van der Waals surface area contributed by atoms with Crippen LogP contribution in [-0.4, -0.2) is 46.5 Å². The number of amidine groups is 1. The minimum Gasteiger partial charge on any atom is -0.465 e. The zero-order valence-electron chi connectivity index (χ0n) is 25.3.